The van der Waals surface area contributed by atoms with Crippen molar-refractivity contribution in [1.29, 1.82) is 0 Å². The Morgan fingerprint density at radius 3 is 2.50 bits per heavy atom. The van der Waals surface area contributed by atoms with Crippen molar-refractivity contribution >= 4 is 10.0 Å². The molecule has 2 rings (SSSR count). The van der Waals surface area contributed by atoms with Gasteiger partial charge in [0, 0.05) is 6.54 Å². The Morgan fingerprint density at radius 1 is 1.25 bits per heavy atom. The van der Waals surface area contributed by atoms with Crippen LogP contribution >= 0.6 is 0 Å². The largest absolute Gasteiger partial charge is 0.306 e. The quantitative estimate of drug-likeness (QED) is 0.923. The normalized spacial score (nSPS) is 18.4. The monoisotopic (exact) mass is 296 g/mol. The summed E-state index contributed by atoms with van der Waals surface area (Å²) in [6.07, 6.45) is 2.12. The molecule has 1 aromatic rings. The Labute approximate surface area is 122 Å². The zero-order valence-electron chi connectivity index (χ0n) is 12.5. The second kappa shape index (κ2) is 6.24. The van der Waals surface area contributed by atoms with Gasteiger partial charge in [0.15, 0.2) is 0 Å². The average molecular weight is 296 g/mol. The molecule has 5 heteroatoms. The van der Waals surface area contributed by atoms with E-state index in [0.717, 1.165) is 37.1 Å². The van der Waals surface area contributed by atoms with Crippen molar-refractivity contribution in [2.24, 2.45) is 5.92 Å². The second-order valence-corrected chi connectivity index (χ2v) is 7.60. The van der Waals surface area contributed by atoms with Gasteiger partial charge in [-0.25, -0.2) is 13.1 Å². The van der Waals surface area contributed by atoms with Crippen LogP contribution in [0.5, 0.6) is 0 Å². The summed E-state index contributed by atoms with van der Waals surface area (Å²) in [5, 5.41) is 0. The molecule has 1 aliphatic heterocycles. The molecule has 0 unspecified atom stereocenters. The first-order chi connectivity index (χ1) is 9.38. The zero-order valence-corrected chi connectivity index (χ0v) is 13.3. The lowest BCUT2D eigenvalue weighted by molar-refractivity contribution is 0.220. The van der Waals surface area contributed by atoms with E-state index in [-0.39, 0.29) is 0 Å². The molecule has 0 amide bonds. The fourth-order valence-corrected chi connectivity index (χ4v) is 4.01. The molecule has 1 saturated heterocycles. The topological polar surface area (TPSA) is 49.4 Å². The van der Waals surface area contributed by atoms with Crippen LogP contribution in [-0.4, -0.2) is 40.0 Å². The van der Waals surface area contributed by atoms with Gasteiger partial charge in [-0.2, -0.15) is 0 Å². The molecule has 0 radical (unpaired) electrons. The molecule has 0 aliphatic carbocycles. The van der Waals surface area contributed by atoms with Crippen LogP contribution in [0.25, 0.3) is 0 Å². The molecule has 1 heterocycles. The SMILES string of the molecule is Cc1ccc(S(=O)(=O)NCC2CCN(C)CC2)c(C)c1. The van der Waals surface area contributed by atoms with E-state index in [0.29, 0.717) is 17.4 Å². The number of hydrogen-bond donors (Lipinski definition) is 1. The highest BCUT2D eigenvalue weighted by Crippen LogP contribution is 2.19. The maximum absolute atomic E-state index is 12.3. The van der Waals surface area contributed by atoms with E-state index in [2.05, 4.69) is 16.7 Å². The lowest BCUT2D eigenvalue weighted by atomic mass is 9.98. The highest BCUT2D eigenvalue weighted by molar-refractivity contribution is 7.89. The minimum absolute atomic E-state index is 0.399. The number of rotatable bonds is 4. The third-order valence-electron chi connectivity index (χ3n) is 4.02. The van der Waals surface area contributed by atoms with Crippen molar-refractivity contribution in [2.75, 3.05) is 26.7 Å². The lowest BCUT2D eigenvalue weighted by Crippen LogP contribution is -2.37. The number of nitrogens with one attached hydrogen (secondary N) is 1. The van der Waals surface area contributed by atoms with Gasteiger partial charge in [0.25, 0.3) is 0 Å². The van der Waals surface area contributed by atoms with Crippen molar-refractivity contribution < 1.29 is 8.42 Å². The molecule has 1 aliphatic rings. The maximum Gasteiger partial charge on any atom is 0.240 e. The number of piperidine rings is 1. The molecule has 1 fully saturated rings. The summed E-state index contributed by atoms with van der Waals surface area (Å²) >= 11 is 0. The molecule has 112 valence electrons. The van der Waals surface area contributed by atoms with Gasteiger partial charge in [0.1, 0.15) is 0 Å². The molecule has 20 heavy (non-hydrogen) atoms. The average Bonchev–Trinajstić information content (AvgIpc) is 2.37. The summed E-state index contributed by atoms with van der Waals surface area (Å²) in [6, 6.07) is 5.45. The zero-order chi connectivity index (χ0) is 14.8. The van der Waals surface area contributed by atoms with Crippen LogP contribution in [0.3, 0.4) is 0 Å². The number of aryl methyl sites for hydroxylation is 2. The van der Waals surface area contributed by atoms with E-state index in [4.69, 9.17) is 0 Å². The third kappa shape index (κ3) is 3.81. The van der Waals surface area contributed by atoms with E-state index >= 15 is 0 Å². The molecule has 0 atom stereocenters. The fraction of sp³-hybridized carbons (Fsp3) is 0.600. The Bertz CT molecular complexity index is 561. The first-order valence-electron chi connectivity index (χ1n) is 7.14. The number of likely N-dealkylation sites (tertiary alicyclic amines) is 1. The minimum Gasteiger partial charge on any atom is -0.306 e. The summed E-state index contributed by atoms with van der Waals surface area (Å²) in [6.45, 7) is 6.46. The van der Waals surface area contributed by atoms with Gasteiger partial charge < -0.3 is 4.90 Å². The molecule has 0 saturated carbocycles. The molecule has 0 bridgehead atoms. The van der Waals surface area contributed by atoms with Crippen molar-refractivity contribution in [3.8, 4) is 0 Å². The predicted octanol–water partition coefficient (Wildman–Crippen LogP) is 1.92. The predicted molar refractivity (Wildman–Crippen MR) is 81.3 cm³/mol. The van der Waals surface area contributed by atoms with Crippen LogP contribution in [0, 0.1) is 19.8 Å². The van der Waals surface area contributed by atoms with Crippen molar-refractivity contribution in [3.05, 3.63) is 29.3 Å². The fourth-order valence-electron chi connectivity index (χ4n) is 2.67. The lowest BCUT2D eigenvalue weighted by Gasteiger charge is -2.28. The van der Waals surface area contributed by atoms with E-state index < -0.39 is 10.0 Å². The summed E-state index contributed by atoms with van der Waals surface area (Å²) in [5.74, 6) is 0.451. The maximum atomic E-state index is 12.3. The minimum atomic E-state index is -3.38. The molecular weight excluding hydrogens is 272 g/mol. The van der Waals surface area contributed by atoms with Gasteiger partial charge in [0.05, 0.1) is 4.90 Å². The van der Waals surface area contributed by atoms with Gasteiger partial charge in [-0.05, 0) is 64.4 Å². The van der Waals surface area contributed by atoms with Crippen LogP contribution in [0.15, 0.2) is 23.1 Å². The van der Waals surface area contributed by atoms with Crippen LogP contribution in [-0.2, 0) is 10.0 Å². The standard InChI is InChI=1S/C15H24N2O2S/c1-12-4-5-15(13(2)10-12)20(18,19)16-11-14-6-8-17(3)9-7-14/h4-5,10,14,16H,6-9,11H2,1-3H3. The smallest absolute Gasteiger partial charge is 0.240 e. The summed E-state index contributed by atoms with van der Waals surface area (Å²) in [7, 11) is -1.28. The number of sulfonamides is 1. The Morgan fingerprint density at radius 2 is 1.90 bits per heavy atom. The van der Waals surface area contributed by atoms with Gasteiger partial charge in [-0.3, -0.25) is 0 Å². The Balaban J connectivity index is 2.00. The van der Waals surface area contributed by atoms with Crippen molar-refractivity contribution in [2.45, 2.75) is 31.6 Å². The number of nitrogens with zero attached hydrogens (tertiary/aromatic N) is 1. The van der Waals surface area contributed by atoms with Gasteiger partial charge in [-0.15, -0.1) is 0 Å². The highest BCUT2D eigenvalue weighted by atomic mass is 32.2. The Hall–Kier alpha value is -0.910. The molecule has 0 aromatic heterocycles. The summed E-state index contributed by atoms with van der Waals surface area (Å²) < 4.78 is 27.5. The molecule has 1 aromatic carbocycles. The van der Waals surface area contributed by atoms with E-state index in [9.17, 15) is 8.42 Å². The summed E-state index contributed by atoms with van der Waals surface area (Å²) in [4.78, 5) is 2.69. The first-order valence-corrected chi connectivity index (χ1v) is 8.62. The van der Waals surface area contributed by atoms with Crippen LogP contribution in [0.1, 0.15) is 24.0 Å². The molecule has 1 N–H and O–H groups in total. The second-order valence-electron chi connectivity index (χ2n) is 5.87. The molecule has 4 nitrogen and oxygen atoms in total. The van der Waals surface area contributed by atoms with Gasteiger partial charge in [0.2, 0.25) is 10.0 Å². The van der Waals surface area contributed by atoms with E-state index in [1.807, 2.05) is 26.0 Å². The van der Waals surface area contributed by atoms with E-state index in [1.54, 1.807) is 6.07 Å². The molecular formula is C15H24N2O2S. The van der Waals surface area contributed by atoms with E-state index in [1.165, 1.54) is 0 Å². The summed E-state index contributed by atoms with van der Waals surface area (Å²) in [5.41, 5.74) is 1.89. The molecule has 0 spiro atoms. The number of hydrogen-bond acceptors (Lipinski definition) is 3. The van der Waals surface area contributed by atoms with Crippen molar-refractivity contribution in [1.82, 2.24) is 9.62 Å². The Kier molecular flexibility index (Phi) is 4.83. The number of benzene rings is 1. The third-order valence-corrected chi connectivity index (χ3v) is 5.60. The van der Waals surface area contributed by atoms with Crippen LogP contribution in [0.2, 0.25) is 0 Å². The first kappa shape index (κ1) is 15.5. The van der Waals surface area contributed by atoms with Crippen molar-refractivity contribution in [3.63, 3.8) is 0 Å². The van der Waals surface area contributed by atoms with Gasteiger partial charge in [-0.1, -0.05) is 17.7 Å². The highest BCUT2D eigenvalue weighted by Gasteiger charge is 2.21. The van der Waals surface area contributed by atoms with Gasteiger partial charge >= 0.3 is 0 Å². The van der Waals surface area contributed by atoms with Crippen LogP contribution < -0.4 is 4.72 Å². The van der Waals surface area contributed by atoms with Crippen LogP contribution in [0.4, 0.5) is 0 Å².